The molecule has 15 heavy (non-hydrogen) atoms. The van der Waals surface area contributed by atoms with Crippen LogP contribution in [0.25, 0.3) is 0 Å². The predicted molar refractivity (Wildman–Crippen MR) is 52.4 cm³/mol. The van der Waals surface area contributed by atoms with E-state index in [0.29, 0.717) is 11.8 Å². The van der Waals surface area contributed by atoms with Crippen molar-refractivity contribution in [2.75, 3.05) is 0 Å². The maximum atomic E-state index is 10.4. The summed E-state index contributed by atoms with van der Waals surface area (Å²) in [6.07, 6.45) is -0.308. The highest BCUT2D eigenvalue weighted by atomic mass is 16.5. The molecule has 0 radical (unpaired) electrons. The van der Waals surface area contributed by atoms with Gasteiger partial charge in [-0.25, -0.2) is 0 Å². The SMILES string of the molecule is O=Cc1cc(C(O)c2ccccc2)on1. The number of aldehydes is 1. The Kier molecular flexibility index (Phi) is 2.60. The molecule has 4 nitrogen and oxygen atoms in total. The van der Waals surface area contributed by atoms with Gasteiger partial charge in [-0.2, -0.15) is 0 Å². The van der Waals surface area contributed by atoms with Crippen molar-refractivity contribution < 1.29 is 14.4 Å². The normalized spacial score (nSPS) is 12.3. The first kappa shape index (κ1) is 9.61. The first-order valence-electron chi connectivity index (χ1n) is 4.46. The highest BCUT2D eigenvalue weighted by Gasteiger charge is 2.15. The number of aromatic nitrogens is 1. The van der Waals surface area contributed by atoms with E-state index in [4.69, 9.17) is 4.52 Å². The largest absolute Gasteiger partial charge is 0.380 e. The lowest BCUT2D eigenvalue weighted by molar-refractivity contribution is 0.111. The number of rotatable bonds is 3. The summed E-state index contributed by atoms with van der Waals surface area (Å²) in [7, 11) is 0. The van der Waals surface area contributed by atoms with Gasteiger partial charge in [-0.05, 0) is 5.56 Å². The van der Waals surface area contributed by atoms with Crippen molar-refractivity contribution in [3.63, 3.8) is 0 Å². The zero-order chi connectivity index (χ0) is 10.7. The molecule has 0 amide bonds. The number of aliphatic hydroxyl groups excluding tert-OH is 1. The predicted octanol–water partition coefficient (Wildman–Crippen LogP) is 1.57. The number of nitrogens with zero attached hydrogens (tertiary/aromatic N) is 1. The Balaban J connectivity index is 2.28. The van der Waals surface area contributed by atoms with E-state index in [1.54, 1.807) is 12.1 Å². The maximum absolute atomic E-state index is 10.4. The summed E-state index contributed by atoms with van der Waals surface area (Å²) < 4.78 is 4.84. The number of hydrogen-bond donors (Lipinski definition) is 1. The van der Waals surface area contributed by atoms with Gasteiger partial charge in [-0.1, -0.05) is 35.5 Å². The molecule has 1 atom stereocenters. The molecule has 0 saturated carbocycles. The molecular weight excluding hydrogens is 194 g/mol. The third-order valence-electron chi connectivity index (χ3n) is 2.05. The van der Waals surface area contributed by atoms with Crippen molar-refractivity contribution in [2.24, 2.45) is 0 Å². The molecular formula is C11H9NO3. The van der Waals surface area contributed by atoms with Gasteiger partial charge in [0, 0.05) is 6.07 Å². The number of hydrogen-bond acceptors (Lipinski definition) is 4. The molecule has 1 N–H and O–H groups in total. The molecule has 0 saturated heterocycles. The molecule has 0 spiro atoms. The Morgan fingerprint density at radius 3 is 2.67 bits per heavy atom. The van der Waals surface area contributed by atoms with Crippen molar-refractivity contribution in [1.29, 1.82) is 0 Å². The Labute approximate surface area is 86.1 Å². The van der Waals surface area contributed by atoms with E-state index in [1.165, 1.54) is 6.07 Å². The van der Waals surface area contributed by atoms with Crippen LogP contribution in [0, 0.1) is 0 Å². The Morgan fingerprint density at radius 2 is 2.07 bits per heavy atom. The molecule has 0 fully saturated rings. The number of carbonyl (C=O) groups is 1. The van der Waals surface area contributed by atoms with Crippen LogP contribution in [-0.2, 0) is 0 Å². The van der Waals surface area contributed by atoms with Gasteiger partial charge in [0.1, 0.15) is 11.8 Å². The Bertz CT molecular complexity index is 450. The molecule has 0 aliphatic rings. The molecule has 1 unspecified atom stereocenters. The van der Waals surface area contributed by atoms with Gasteiger partial charge in [-0.3, -0.25) is 4.79 Å². The average molecular weight is 203 g/mol. The summed E-state index contributed by atoms with van der Waals surface area (Å²) in [5.74, 6) is 0.267. The standard InChI is InChI=1S/C11H9NO3/c13-7-9-6-10(15-12-9)11(14)8-4-2-1-3-5-8/h1-7,11,14H. The second-order valence-electron chi connectivity index (χ2n) is 3.09. The Hall–Kier alpha value is -1.94. The lowest BCUT2D eigenvalue weighted by Crippen LogP contribution is -1.97. The van der Waals surface area contributed by atoms with Gasteiger partial charge in [0.05, 0.1) is 0 Å². The molecule has 2 rings (SSSR count). The van der Waals surface area contributed by atoms with Gasteiger partial charge >= 0.3 is 0 Å². The van der Waals surface area contributed by atoms with Gasteiger partial charge in [0.25, 0.3) is 0 Å². The van der Waals surface area contributed by atoms with E-state index in [-0.39, 0.29) is 11.5 Å². The minimum absolute atomic E-state index is 0.181. The fourth-order valence-electron chi connectivity index (χ4n) is 1.29. The molecule has 1 aromatic heterocycles. The first-order chi connectivity index (χ1) is 7.31. The molecule has 0 aliphatic heterocycles. The summed E-state index contributed by atoms with van der Waals surface area (Å²) in [6, 6.07) is 10.4. The second kappa shape index (κ2) is 4.06. The summed E-state index contributed by atoms with van der Waals surface area (Å²) >= 11 is 0. The van der Waals surface area contributed by atoms with E-state index in [9.17, 15) is 9.90 Å². The Morgan fingerprint density at radius 1 is 1.33 bits per heavy atom. The zero-order valence-electron chi connectivity index (χ0n) is 7.83. The van der Waals surface area contributed by atoms with Crippen molar-refractivity contribution in [2.45, 2.75) is 6.10 Å². The van der Waals surface area contributed by atoms with Crippen LogP contribution in [0.15, 0.2) is 40.9 Å². The number of carbonyl (C=O) groups excluding carboxylic acids is 1. The summed E-state index contributed by atoms with van der Waals surface area (Å²) in [5, 5.41) is 13.3. The van der Waals surface area contributed by atoms with Gasteiger partial charge in [0.15, 0.2) is 12.0 Å². The molecule has 4 heteroatoms. The lowest BCUT2D eigenvalue weighted by Gasteiger charge is -2.05. The van der Waals surface area contributed by atoms with Crippen LogP contribution in [0.2, 0.25) is 0 Å². The van der Waals surface area contributed by atoms with Gasteiger partial charge in [-0.15, -0.1) is 0 Å². The molecule has 1 aromatic carbocycles. The smallest absolute Gasteiger partial charge is 0.171 e. The van der Waals surface area contributed by atoms with Crippen LogP contribution in [0.3, 0.4) is 0 Å². The minimum Gasteiger partial charge on any atom is -0.380 e. The van der Waals surface area contributed by atoms with Crippen LogP contribution in [-0.4, -0.2) is 16.5 Å². The van der Waals surface area contributed by atoms with Crippen molar-refractivity contribution in [3.8, 4) is 0 Å². The molecule has 2 aromatic rings. The minimum atomic E-state index is -0.882. The van der Waals surface area contributed by atoms with Crippen molar-refractivity contribution in [3.05, 3.63) is 53.4 Å². The van der Waals surface area contributed by atoms with E-state index < -0.39 is 6.10 Å². The summed E-state index contributed by atoms with van der Waals surface area (Å²) in [5.41, 5.74) is 0.881. The number of benzene rings is 1. The van der Waals surface area contributed by atoms with E-state index in [2.05, 4.69) is 5.16 Å². The fourth-order valence-corrected chi connectivity index (χ4v) is 1.29. The van der Waals surface area contributed by atoms with E-state index in [0.717, 1.165) is 0 Å². The number of aliphatic hydroxyl groups is 1. The fraction of sp³-hybridized carbons (Fsp3) is 0.0909. The molecule has 0 aliphatic carbocycles. The van der Waals surface area contributed by atoms with E-state index in [1.807, 2.05) is 18.2 Å². The van der Waals surface area contributed by atoms with Crippen LogP contribution < -0.4 is 0 Å². The maximum Gasteiger partial charge on any atom is 0.171 e. The zero-order valence-corrected chi connectivity index (χ0v) is 7.83. The summed E-state index contributed by atoms with van der Waals surface area (Å²) in [6.45, 7) is 0. The van der Waals surface area contributed by atoms with E-state index >= 15 is 0 Å². The highest BCUT2D eigenvalue weighted by molar-refractivity contribution is 5.71. The monoisotopic (exact) mass is 203 g/mol. The third kappa shape index (κ3) is 1.94. The van der Waals surface area contributed by atoms with Crippen molar-refractivity contribution >= 4 is 6.29 Å². The van der Waals surface area contributed by atoms with Crippen LogP contribution in [0.4, 0.5) is 0 Å². The second-order valence-corrected chi connectivity index (χ2v) is 3.09. The van der Waals surface area contributed by atoms with Crippen LogP contribution in [0.1, 0.15) is 27.9 Å². The third-order valence-corrected chi connectivity index (χ3v) is 2.05. The van der Waals surface area contributed by atoms with Gasteiger partial charge in [0.2, 0.25) is 0 Å². The quantitative estimate of drug-likeness (QED) is 0.769. The molecule has 1 heterocycles. The van der Waals surface area contributed by atoms with Gasteiger partial charge < -0.3 is 9.63 Å². The van der Waals surface area contributed by atoms with Crippen LogP contribution in [0.5, 0.6) is 0 Å². The lowest BCUT2D eigenvalue weighted by atomic mass is 10.1. The average Bonchev–Trinajstić information content (AvgIpc) is 2.78. The van der Waals surface area contributed by atoms with Crippen LogP contribution >= 0.6 is 0 Å². The highest BCUT2D eigenvalue weighted by Crippen LogP contribution is 2.21. The molecule has 76 valence electrons. The molecule has 0 bridgehead atoms. The topological polar surface area (TPSA) is 63.3 Å². The van der Waals surface area contributed by atoms with Crippen molar-refractivity contribution in [1.82, 2.24) is 5.16 Å². The first-order valence-corrected chi connectivity index (χ1v) is 4.46. The summed E-state index contributed by atoms with van der Waals surface area (Å²) in [4.78, 5) is 10.4.